The van der Waals surface area contributed by atoms with Crippen molar-refractivity contribution >= 4 is 11.0 Å². The standard InChI is InChI=1S/C14H17N3/c1-17-8-16-13-4-10-2-9-3-11(7-15-6-9)12(10)5-14(13)17/h4-5,8-9,11,15H,2-3,6-7H2,1H3. The van der Waals surface area contributed by atoms with Gasteiger partial charge in [0.2, 0.25) is 0 Å². The molecule has 88 valence electrons. The molecule has 1 N–H and O–H groups in total. The summed E-state index contributed by atoms with van der Waals surface area (Å²) in [6, 6.07) is 4.68. The second-order valence-corrected chi connectivity index (χ2v) is 5.56. The van der Waals surface area contributed by atoms with Crippen LogP contribution in [0.25, 0.3) is 11.0 Å². The van der Waals surface area contributed by atoms with Gasteiger partial charge < -0.3 is 9.88 Å². The number of benzene rings is 1. The van der Waals surface area contributed by atoms with E-state index in [0.29, 0.717) is 0 Å². The maximum absolute atomic E-state index is 4.47. The molecule has 3 heteroatoms. The molecule has 2 unspecified atom stereocenters. The molecule has 0 saturated carbocycles. The first-order valence-electron chi connectivity index (χ1n) is 6.46. The third kappa shape index (κ3) is 1.35. The Hall–Kier alpha value is -1.35. The molecule has 1 aromatic carbocycles. The Morgan fingerprint density at radius 1 is 1.35 bits per heavy atom. The Kier molecular flexibility index (Phi) is 1.89. The van der Waals surface area contributed by atoms with Gasteiger partial charge in [-0.15, -0.1) is 0 Å². The largest absolute Gasteiger partial charge is 0.334 e. The zero-order valence-electron chi connectivity index (χ0n) is 10.1. The highest BCUT2D eigenvalue weighted by atomic mass is 15.0. The monoisotopic (exact) mass is 227 g/mol. The van der Waals surface area contributed by atoms with E-state index in [1.165, 1.54) is 24.9 Å². The molecular formula is C14H17N3. The highest BCUT2D eigenvalue weighted by Gasteiger charge is 2.30. The number of piperidine rings is 1. The van der Waals surface area contributed by atoms with Crippen molar-refractivity contribution in [1.82, 2.24) is 14.9 Å². The number of hydrogen-bond acceptors (Lipinski definition) is 2. The van der Waals surface area contributed by atoms with E-state index in [0.717, 1.165) is 23.9 Å². The Labute approximate surface area is 101 Å². The Bertz CT molecular complexity index is 584. The van der Waals surface area contributed by atoms with Gasteiger partial charge in [-0.05, 0) is 54.5 Å². The van der Waals surface area contributed by atoms with Crippen molar-refractivity contribution < 1.29 is 0 Å². The molecule has 17 heavy (non-hydrogen) atoms. The summed E-state index contributed by atoms with van der Waals surface area (Å²) in [6.07, 6.45) is 4.51. The molecule has 4 rings (SSSR count). The molecule has 0 radical (unpaired) electrons. The van der Waals surface area contributed by atoms with Crippen molar-refractivity contribution in [1.29, 1.82) is 0 Å². The Morgan fingerprint density at radius 3 is 3.24 bits per heavy atom. The second kappa shape index (κ2) is 3.33. The lowest BCUT2D eigenvalue weighted by Crippen LogP contribution is -2.39. The van der Waals surface area contributed by atoms with Gasteiger partial charge in [0, 0.05) is 13.6 Å². The normalized spacial score (nSPS) is 27.1. The zero-order valence-corrected chi connectivity index (χ0v) is 10.1. The summed E-state index contributed by atoms with van der Waals surface area (Å²) in [5.74, 6) is 1.55. The fraction of sp³-hybridized carbons (Fsp3) is 0.500. The van der Waals surface area contributed by atoms with Crippen molar-refractivity contribution in [3.8, 4) is 0 Å². The van der Waals surface area contributed by atoms with Gasteiger partial charge in [-0.25, -0.2) is 4.98 Å². The lowest BCUT2D eigenvalue weighted by molar-refractivity contribution is 0.318. The van der Waals surface area contributed by atoms with E-state index in [4.69, 9.17) is 0 Å². The number of rotatable bonds is 0. The van der Waals surface area contributed by atoms with Gasteiger partial charge in [0.1, 0.15) is 0 Å². The van der Waals surface area contributed by atoms with Gasteiger partial charge in [0.25, 0.3) is 0 Å². The van der Waals surface area contributed by atoms with Crippen molar-refractivity contribution in [3.63, 3.8) is 0 Å². The predicted molar refractivity (Wildman–Crippen MR) is 68.1 cm³/mol. The number of aromatic nitrogens is 2. The first-order chi connectivity index (χ1) is 8.31. The molecule has 1 fully saturated rings. The van der Waals surface area contributed by atoms with Gasteiger partial charge in [0.05, 0.1) is 17.4 Å². The van der Waals surface area contributed by atoms with Gasteiger partial charge in [-0.1, -0.05) is 0 Å². The number of aryl methyl sites for hydroxylation is 1. The zero-order chi connectivity index (χ0) is 11.4. The van der Waals surface area contributed by atoms with Crippen molar-refractivity contribution in [2.75, 3.05) is 13.1 Å². The van der Waals surface area contributed by atoms with Crippen LogP contribution < -0.4 is 5.32 Å². The van der Waals surface area contributed by atoms with Crippen LogP contribution in [0.5, 0.6) is 0 Å². The number of fused-ring (bicyclic) bond motifs is 5. The number of nitrogens with one attached hydrogen (secondary N) is 1. The highest BCUT2D eigenvalue weighted by molar-refractivity contribution is 5.77. The van der Waals surface area contributed by atoms with Gasteiger partial charge in [0.15, 0.2) is 0 Å². The molecule has 1 saturated heterocycles. The molecule has 0 spiro atoms. The SMILES string of the molecule is Cn1cnc2cc3c(cc21)C1CNCC(C3)C1. The van der Waals surface area contributed by atoms with E-state index in [-0.39, 0.29) is 0 Å². The van der Waals surface area contributed by atoms with E-state index < -0.39 is 0 Å². The van der Waals surface area contributed by atoms with Crippen LogP contribution in [0.3, 0.4) is 0 Å². The van der Waals surface area contributed by atoms with Gasteiger partial charge in [-0.2, -0.15) is 0 Å². The topological polar surface area (TPSA) is 29.9 Å². The lowest BCUT2D eigenvalue weighted by atomic mass is 9.74. The number of imidazole rings is 1. The summed E-state index contributed by atoms with van der Waals surface area (Å²) < 4.78 is 2.12. The van der Waals surface area contributed by atoms with Crippen LogP contribution in [0.15, 0.2) is 18.5 Å². The van der Waals surface area contributed by atoms with E-state index >= 15 is 0 Å². The molecular weight excluding hydrogens is 210 g/mol. The fourth-order valence-electron chi connectivity index (χ4n) is 3.52. The van der Waals surface area contributed by atoms with E-state index in [1.54, 1.807) is 11.1 Å². The second-order valence-electron chi connectivity index (χ2n) is 5.56. The summed E-state index contributed by atoms with van der Waals surface area (Å²) >= 11 is 0. The smallest absolute Gasteiger partial charge is 0.0955 e. The van der Waals surface area contributed by atoms with Crippen LogP contribution in [0.1, 0.15) is 23.5 Å². The quantitative estimate of drug-likeness (QED) is 0.744. The van der Waals surface area contributed by atoms with Crippen LogP contribution >= 0.6 is 0 Å². The minimum Gasteiger partial charge on any atom is -0.334 e. The maximum atomic E-state index is 4.47. The average Bonchev–Trinajstić information content (AvgIpc) is 2.69. The molecule has 3 nitrogen and oxygen atoms in total. The predicted octanol–water partition coefficient (Wildman–Crippen LogP) is 1.82. The molecule has 1 aliphatic heterocycles. The third-order valence-electron chi connectivity index (χ3n) is 4.38. The lowest BCUT2D eigenvalue weighted by Gasteiger charge is -2.36. The van der Waals surface area contributed by atoms with Gasteiger partial charge >= 0.3 is 0 Å². The van der Waals surface area contributed by atoms with E-state index in [9.17, 15) is 0 Å². The van der Waals surface area contributed by atoms with Crippen molar-refractivity contribution in [3.05, 3.63) is 29.6 Å². The van der Waals surface area contributed by atoms with Crippen LogP contribution in [0.2, 0.25) is 0 Å². The Morgan fingerprint density at radius 2 is 2.29 bits per heavy atom. The highest BCUT2D eigenvalue weighted by Crippen LogP contribution is 2.38. The van der Waals surface area contributed by atoms with Gasteiger partial charge in [-0.3, -0.25) is 0 Å². The molecule has 2 bridgehead atoms. The maximum Gasteiger partial charge on any atom is 0.0955 e. The minimum atomic E-state index is 0.719. The first kappa shape index (κ1) is 9.66. The minimum absolute atomic E-state index is 0.719. The van der Waals surface area contributed by atoms with E-state index in [1.807, 2.05) is 6.33 Å². The summed E-state index contributed by atoms with van der Waals surface area (Å²) in [5.41, 5.74) is 5.52. The van der Waals surface area contributed by atoms with E-state index in [2.05, 4.69) is 34.0 Å². The molecule has 1 aliphatic carbocycles. The molecule has 2 aliphatic rings. The third-order valence-corrected chi connectivity index (χ3v) is 4.38. The first-order valence-corrected chi connectivity index (χ1v) is 6.46. The summed E-state index contributed by atoms with van der Waals surface area (Å²) in [6.45, 7) is 2.34. The van der Waals surface area contributed by atoms with Crippen molar-refractivity contribution in [2.45, 2.75) is 18.8 Å². The molecule has 1 aromatic heterocycles. The van der Waals surface area contributed by atoms with Crippen LogP contribution in [-0.4, -0.2) is 22.6 Å². The van der Waals surface area contributed by atoms with Crippen LogP contribution in [0.4, 0.5) is 0 Å². The molecule has 0 amide bonds. The summed E-state index contributed by atoms with van der Waals surface area (Å²) in [4.78, 5) is 4.47. The Balaban J connectivity index is 1.94. The summed E-state index contributed by atoms with van der Waals surface area (Å²) in [7, 11) is 2.08. The summed E-state index contributed by atoms with van der Waals surface area (Å²) in [5, 5.41) is 3.56. The number of hydrogen-bond donors (Lipinski definition) is 1. The molecule has 2 aromatic rings. The van der Waals surface area contributed by atoms with Crippen LogP contribution in [-0.2, 0) is 13.5 Å². The number of nitrogens with zero attached hydrogens (tertiary/aromatic N) is 2. The fourth-order valence-corrected chi connectivity index (χ4v) is 3.52. The van der Waals surface area contributed by atoms with Crippen molar-refractivity contribution in [2.24, 2.45) is 13.0 Å². The molecule has 2 heterocycles. The average molecular weight is 227 g/mol. The van der Waals surface area contributed by atoms with Crippen LogP contribution in [0, 0.1) is 5.92 Å². The molecule has 2 atom stereocenters.